The standard InChI is InChI=1S/C19H19NO4/c1-10-4-3-5-14(11(10)2)24-15(21)9-20-18(22)16-12-6-7-13(8-12)17(16)19(20)23/h3-7,12-13,16-17H,8-9H2,1-2H3/t12-,13-,16-,17+/m0/s1. The normalized spacial score (nSPS) is 30.2. The first-order chi connectivity index (χ1) is 11.5. The van der Waals surface area contributed by atoms with Crippen molar-refractivity contribution in [3.63, 3.8) is 0 Å². The van der Waals surface area contributed by atoms with Crippen molar-refractivity contribution in [3.8, 4) is 5.75 Å². The maximum atomic E-state index is 12.6. The summed E-state index contributed by atoms with van der Waals surface area (Å²) in [6.45, 7) is 3.50. The van der Waals surface area contributed by atoms with Gasteiger partial charge in [-0.15, -0.1) is 0 Å². The third kappa shape index (κ3) is 2.11. The molecule has 2 bridgehead atoms. The van der Waals surface area contributed by atoms with Crippen LogP contribution in [0.5, 0.6) is 5.75 Å². The van der Waals surface area contributed by atoms with Gasteiger partial charge in [0.25, 0.3) is 0 Å². The Morgan fingerprint density at radius 3 is 2.38 bits per heavy atom. The van der Waals surface area contributed by atoms with E-state index in [1.54, 1.807) is 6.07 Å². The zero-order chi connectivity index (χ0) is 17.0. The van der Waals surface area contributed by atoms with Gasteiger partial charge in [0.05, 0.1) is 11.8 Å². The second kappa shape index (κ2) is 5.30. The fourth-order valence-electron chi connectivity index (χ4n) is 4.24. The van der Waals surface area contributed by atoms with Crippen LogP contribution in [0.4, 0.5) is 0 Å². The summed E-state index contributed by atoms with van der Waals surface area (Å²) >= 11 is 0. The summed E-state index contributed by atoms with van der Waals surface area (Å²) in [4.78, 5) is 38.4. The number of ether oxygens (including phenoxy) is 1. The van der Waals surface area contributed by atoms with Crippen molar-refractivity contribution in [3.05, 3.63) is 41.5 Å². The van der Waals surface area contributed by atoms with Gasteiger partial charge in [0.2, 0.25) is 11.8 Å². The molecule has 1 aliphatic heterocycles. The minimum atomic E-state index is -0.578. The molecule has 1 saturated heterocycles. The quantitative estimate of drug-likeness (QED) is 0.369. The first kappa shape index (κ1) is 15.1. The molecule has 5 nitrogen and oxygen atoms in total. The number of allylic oxidation sites excluding steroid dienone is 2. The molecule has 4 rings (SSSR count). The summed E-state index contributed by atoms with van der Waals surface area (Å²) in [5.41, 5.74) is 1.90. The van der Waals surface area contributed by atoms with E-state index in [1.807, 2.05) is 38.1 Å². The predicted octanol–water partition coefficient (Wildman–Crippen LogP) is 2.02. The molecular formula is C19H19NO4. The average Bonchev–Trinajstić information content (AvgIpc) is 3.22. The number of aryl methyl sites for hydroxylation is 1. The zero-order valence-corrected chi connectivity index (χ0v) is 13.7. The molecule has 0 aromatic heterocycles. The summed E-state index contributed by atoms with van der Waals surface area (Å²) in [6, 6.07) is 5.46. The SMILES string of the molecule is Cc1cccc(OC(=O)CN2C(=O)[C@@H]3[C@H](C2=O)[C@H]2C=C[C@H]3C2)c1C. The molecular weight excluding hydrogens is 306 g/mol. The number of rotatable bonds is 3. The van der Waals surface area contributed by atoms with Crippen LogP contribution < -0.4 is 4.74 Å². The molecule has 124 valence electrons. The summed E-state index contributed by atoms with van der Waals surface area (Å²) in [7, 11) is 0. The number of fused-ring (bicyclic) bond motifs is 5. The Labute approximate surface area is 140 Å². The topological polar surface area (TPSA) is 63.7 Å². The molecule has 5 heteroatoms. The van der Waals surface area contributed by atoms with Gasteiger partial charge in [-0.2, -0.15) is 0 Å². The molecule has 1 heterocycles. The summed E-state index contributed by atoms with van der Waals surface area (Å²) < 4.78 is 5.38. The Bertz CT molecular complexity index is 752. The Kier molecular flexibility index (Phi) is 3.34. The molecule has 0 radical (unpaired) electrons. The highest BCUT2D eigenvalue weighted by Crippen LogP contribution is 2.52. The lowest BCUT2D eigenvalue weighted by Gasteiger charge is -2.17. The number of esters is 1. The van der Waals surface area contributed by atoms with Crippen LogP contribution in [0.15, 0.2) is 30.4 Å². The van der Waals surface area contributed by atoms with E-state index in [0.717, 1.165) is 22.4 Å². The Hall–Kier alpha value is -2.43. The van der Waals surface area contributed by atoms with Crippen molar-refractivity contribution in [2.75, 3.05) is 6.54 Å². The molecule has 0 spiro atoms. The van der Waals surface area contributed by atoms with Gasteiger partial charge < -0.3 is 4.74 Å². The van der Waals surface area contributed by atoms with Crippen LogP contribution in [0.25, 0.3) is 0 Å². The molecule has 4 atom stereocenters. The van der Waals surface area contributed by atoms with E-state index in [0.29, 0.717) is 5.75 Å². The molecule has 2 aliphatic carbocycles. The lowest BCUT2D eigenvalue weighted by molar-refractivity contribution is -0.148. The fraction of sp³-hybridized carbons (Fsp3) is 0.421. The van der Waals surface area contributed by atoms with Gasteiger partial charge in [-0.3, -0.25) is 14.5 Å². The molecule has 1 aromatic carbocycles. The van der Waals surface area contributed by atoms with E-state index < -0.39 is 5.97 Å². The van der Waals surface area contributed by atoms with Crippen LogP contribution in [-0.4, -0.2) is 29.2 Å². The third-order valence-electron chi connectivity index (χ3n) is 5.63. The Balaban J connectivity index is 1.48. The van der Waals surface area contributed by atoms with Crippen molar-refractivity contribution < 1.29 is 19.1 Å². The maximum absolute atomic E-state index is 12.6. The van der Waals surface area contributed by atoms with Gasteiger partial charge in [-0.1, -0.05) is 24.3 Å². The average molecular weight is 325 g/mol. The van der Waals surface area contributed by atoms with E-state index >= 15 is 0 Å². The number of carbonyl (C=O) groups is 3. The highest BCUT2D eigenvalue weighted by Gasteiger charge is 2.59. The lowest BCUT2D eigenvalue weighted by Crippen LogP contribution is -2.38. The van der Waals surface area contributed by atoms with E-state index in [1.165, 1.54) is 0 Å². The van der Waals surface area contributed by atoms with E-state index in [9.17, 15) is 14.4 Å². The van der Waals surface area contributed by atoms with Gasteiger partial charge >= 0.3 is 5.97 Å². The Morgan fingerprint density at radius 1 is 1.12 bits per heavy atom. The smallest absolute Gasteiger partial charge is 0.331 e. The number of likely N-dealkylation sites (tertiary alicyclic amines) is 1. The van der Waals surface area contributed by atoms with Crippen LogP contribution in [0.2, 0.25) is 0 Å². The highest BCUT2D eigenvalue weighted by molar-refractivity contribution is 6.08. The minimum absolute atomic E-state index is 0.150. The van der Waals surface area contributed by atoms with Crippen LogP contribution >= 0.6 is 0 Å². The molecule has 2 amide bonds. The molecule has 1 saturated carbocycles. The van der Waals surface area contributed by atoms with E-state index in [4.69, 9.17) is 4.74 Å². The summed E-state index contributed by atoms with van der Waals surface area (Å²) in [5, 5.41) is 0. The monoisotopic (exact) mass is 325 g/mol. The third-order valence-corrected chi connectivity index (χ3v) is 5.63. The van der Waals surface area contributed by atoms with Gasteiger partial charge in [0.1, 0.15) is 12.3 Å². The second-order valence-corrected chi connectivity index (χ2v) is 6.93. The molecule has 1 aromatic rings. The summed E-state index contributed by atoms with van der Waals surface area (Å²) in [5.74, 6) is -0.804. The number of carbonyl (C=O) groups excluding carboxylic acids is 3. The van der Waals surface area contributed by atoms with E-state index in [-0.39, 0.29) is 42.0 Å². The zero-order valence-electron chi connectivity index (χ0n) is 13.7. The van der Waals surface area contributed by atoms with Crippen molar-refractivity contribution in [1.82, 2.24) is 4.90 Å². The van der Waals surface area contributed by atoms with Crippen LogP contribution in [0, 0.1) is 37.5 Å². The first-order valence-electron chi connectivity index (χ1n) is 8.28. The Morgan fingerprint density at radius 2 is 1.75 bits per heavy atom. The number of amides is 2. The van der Waals surface area contributed by atoms with Crippen LogP contribution in [0.3, 0.4) is 0 Å². The number of nitrogens with zero attached hydrogens (tertiary/aromatic N) is 1. The molecule has 3 aliphatic rings. The number of hydrogen-bond acceptors (Lipinski definition) is 4. The van der Waals surface area contributed by atoms with Crippen LogP contribution in [0.1, 0.15) is 17.5 Å². The largest absolute Gasteiger partial charge is 0.425 e. The van der Waals surface area contributed by atoms with Gasteiger partial charge in [0, 0.05) is 0 Å². The molecule has 2 fully saturated rings. The maximum Gasteiger partial charge on any atom is 0.331 e. The van der Waals surface area contributed by atoms with Crippen molar-refractivity contribution in [2.24, 2.45) is 23.7 Å². The second-order valence-electron chi connectivity index (χ2n) is 6.93. The lowest BCUT2D eigenvalue weighted by atomic mass is 9.85. The number of hydrogen-bond donors (Lipinski definition) is 0. The molecule has 0 N–H and O–H groups in total. The van der Waals surface area contributed by atoms with Crippen molar-refractivity contribution >= 4 is 17.8 Å². The first-order valence-corrected chi connectivity index (χ1v) is 8.28. The fourth-order valence-corrected chi connectivity index (χ4v) is 4.24. The molecule has 0 unspecified atom stereocenters. The predicted molar refractivity (Wildman–Crippen MR) is 86.0 cm³/mol. The highest BCUT2D eigenvalue weighted by atomic mass is 16.5. The minimum Gasteiger partial charge on any atom is -0.425 e. The van der Waals surface area contributed by atoms with Gasteiger partial charge in [-0.25, -0.2) is 4.79 Å². The van der Waals surface area contributed by atoms with Crippen molar-refractivity contribution in [1.29, 1.82) is 0 Å². The van der Waals surface area contributed by atoms with Crippen LogP contribution in [-0.2, 0) is 14.4 Å². The summed E-state index contributed by atoms with van der Waals surface area (Å²) in [6.07, 6.45) is 4.96. The van der Waals surface area contributed by atoms with Crippen molar-refractivity contribution in [2.45, 2.75) is 20.3 Å². The van der Waals surface area contributed by atoms with Gasteiger partial charge in [-0.05, 0) is 49.3 Å². The van der Waals surface area contributed by atoms with Gasteiger partial charge in [0.15, 0.2) is 0 Å². The number of imide groups is 1. The van der Waals surface area contributed by atoms with E-state index in [2.05, 4.69) is 0 Å². The molecule has 24 heavy (non-hydrogen) atoms. The number of benzene rings is 1.